The fourth-order valence-electron chi connectivity index (χ4n) is 1.98. The molecular formula is C16H16Cl2O. The molecule has 2 rings (SSSR count). The van der Waals surface area contributed by atoms with Gasteiger partial charge in [0.05, 0.1) is 6.10 Å². The molecule has 0 aliphatic heterocycles. The van der Waals surface area contributed by atoms with Crippen molar-refractivity contribution in [2.45, 2.75) is 18.9 Å². The fourth-order valence-corrected chi connectivity index (χ4v) is 2.26. The van der Waals surface area contributed by atoms with Gasteiger partial charge in [0, 0.05) is 10.9 Å². The zero-order chi connectivity index (χ0) is 13.7. The molecule has 3 heteroatoms. The Morgan fingerprint density at radius 3 is 1.95 bits per heavy atom. The van der Waals surface area contributed by atoms with Crippen LogP contribution in [0.15, 0.2) is 48.5 Å². The minimum Gasteiger partial charge on any atom is -0.388 e. The van der Waals surface area contributed by atoms with E-state index in [-0.39, 0.29) is 0 Å². The molecule has 0 bridgehead atoms. The first-order chi connectivity index (χ1) is 9.20. The summed E-state index contributed by atoms with van der Waals surface area (Å²) in [5, 5.41) is 10.7. The van der Waals surface area contributed by atoms with Crippen molar-refractivity contribution in [3.8, 4) is 11.1 Å². The van der Waals surface area contributed by atoms with Crippen LogP contribution in [0.2, 0.25) is 5.02 Å². The van der Waals surface area contributed by atoms with Crippen LogP contribution in [-0.4, -0.2) is 11.0 Å². The van der Waals surface area contributed by atoms with Gasteiger partial charge in [-0.15, -0.1) is 11.6 Å². The zero-order valence-corrected chi connectivity index (χ0v) is 12.0. The van der Waals surface area contributed by atoms with E-state index in [0.29, 0.717) is 12.3 Å². The van der Waals surface area contributed by atoms with Gasteiger partial charge in [0.15, 0.2) is 0 Å². The Morgan fingerprint density at radius 2 is 1.42 bits per heavy atom. The second kappa shape index (κ2) is 6.95. The molecule has 1 N–H and O–H groups in total. The lowest BCUT2D eigenvalue weighted by molar-refractivity contribution is 0.167. The zero-order valence-electron chi connectivity index (χ0n) is 10.5. The van der Waals surface area contributed by atoms with Crippen LogP contribution in [0.1, 0.15) is 24.5 Å². The molecule has 0 aliphatic carbocycles. The molecule has 0 saturated carbocycles. The molecule has 2 aromatic carbocycles. The number of rotatable bonds is 5. The summed E-state index contributed by atoms with van der Waals surface area (Å²) in [4.78, 5) is 0. The molecule has 0 saturated heterocycles. The topological polar surface area (TPSA) is 20.2 Å². The van der Waals surface area contributed by atoms with Crippen molar-refractivity contribution < 1.29 is 5.11 Å². The average molecular weight is 295 g/mol. The molecule has 1 unspecified atom stereocenters. The summed E-state index contributed by atoms with van der Waals surface area (Å²) >= 11 is 11.5. The van der Waals surface area contributed by atoms with Gasteiger partial charge in [0.2, 0.25) is 0 Å². The maximum atomic E-state index is 9.97. The highest BCUT2D eigenvalue weighted by atomic mass is 35.5. The first-order valence-corrected chi connectivity index (χ1v) is 7.22. The van der Waals surface area contributed by atoms with Gasteiger partial charge >= 0.3 is 0 Å². The van der Waals surface area contributed by atoms with E-state index in [0.717, 1.165) is 28.1 Å². The van der Waals surface area contributed by atoms with Crippen molar-refractivity contribution in [1.82, 2.24) is 0 Å². The van der Waals surface area contributed by atoms with Crippen molar-refractivity contribution in [3.05, 3.63) is 59.1 Å². The van der Waals surface area contributed by atoms with Gasteiger partial charge in [0.1, 0.15) is 0 Å². The Labute approximate surface area is 123 Å². The van der Waals surface area contributed by atoms with Crippen LogP contribution in [0, 0.1) is 0 Å². The van der Waals surface area contributed by atoms with E-state index in [4.69, 9.17) is 23.2 Å². The minimum absolute atomic E-state index is 0.432. The lowest BCUT2D eigenvalue weighted by Crippen LogP contribution is -1.97. The standard InChI is InChI=1S/C16H16Cl2O/c17-11-1-2-16(19)14-5-3-12(4-6-14)13-7-9-15(18)10-8-13/h3-10,16,19H,1-2,11H2. The van der Waals surface area contributed by atoms with Crippen molar-refractivity contribution >= 4 is 23.2 Å². The van der Waals surface area contributed by atoms with E-state index < -0.39 is 6.10 Å². The molecule has 0 heterocycles. The Kier molecular flexibility index (Phi) is 5.26. The fraction of sp³-hybridized carbons (Fsp3) is 0.250. The molecule has 0 fully saturated rings. The van der Waals surface area contributed by atoms with Crippen LogP contribution in [0.3, 0.4) is 0 Å². The second-order valence-corrected chi connectivity index (χ2v) is 5.29. The third-order valence-corrected chi connectivity index (χ3v) is 3.60. The average Bonchev–Trinajstić information content (AvgIpc) is 2.46. The Hall–Kier alpha value is -1.02. The summed E-state index contributed by atoms with van der Waals surface area (Å²) in [6.45, 7) is 0. The molecule has 0 amide bonds. The van der Waals surface area contributed by atoms with E-state index >= 15 is 0 Å². The monoisotopic (exact) mass is 294 g/mol. The molecule has 0 aromatic heterocycles. The van der Waals surface area contributed by atoms with Crippen LogP contribution in [0.25, 0.3) is 11.1 Å². The first kappa shape index (κ1) is 14.4. The summed E-state index contributed by atoms with van der Waals surface area (Å²) in [5.74, 6) is 0.583. The van der Waals surface area contributed by atoms with Crippen molar-refractivity contribution in [1.29, 1.82) is 0 Å². The van der Waals surface area contributed by atoms with Gasteiger partial charge in [0.25, 0.3) is 0 Å². The minimum atomic E-state index is -0.432. The number of hydrogen-bond acceptors (Lipinski definition) is 1. The van der Waals surface area contributed by atoms with E-state index in [2.05, 4.69) is 0 Å². The lowest BCUT2D eigenvalue weighted by Gasteiger charge is -2.11. The maximum Gasteiger partial charge on any atom is 0.0790 e. The third-order valence-electron chi connectivity index (χ3n) is 3.08. The number of hydrogen-bond donors (Lipinski definition) is 1. The Bertz CT molecular complexity index is 505. The van der Waals surface area contributed by atoms with Crippen molar-refractivity contribution in [3.63, 3.8) is 0 Å². The van der Waals surface area contributed by atoms with Crippen LogP contribution < -0.4 is 0 Å². The summed E-state index contributed by atoms with van der Waals surface area (Å²) in [6.07, 6.45) is 1.09. The third kappa shape index (κ3) is 3.97. The highest BCUT2D eigenvalue weighted by molar-refractivity contribution is 6.30. The Balaban J connectivity index is 2.11. The van der Waals surface area contributed by atoms with Crippen molar-refractivity contribution in [2.24, 2.45) is 0 Å². The number of aliphatic hydroxyl groups is 1. The predicted octanol–water partition coefficient (Wildman–Crippen LogP) is 5.06. The summed E-state index contributed by atoms with van der Waals surface area (Å²) in [6, 6.07) is 15.7. The molecule has 1 nitrogen and oxygen atoms in total. The summed E-state index contributed by atoms with van der Waals surface area (Å²) in [5.41, 5.74) is 3.17. The molecule has 0 spiro atoms. The first-order valence-electron chi connectivity index (χ1n) is 6.30. The number of aliphatic hydroxyl groups excluding tert-OH is 1. The van der Waals surface area contributed by atoms with E-state index in [1.807, 2.05) is 48.5 Å². The normalized spacial score (nSPS) is 12.4. The highest BCUT2D eigenvalue weighted by Gasteiger charge is 2.07. The second-order valence-electron chi connectivity index (χ2n) is 4.48. The molecule has 19 heavy (non-hydrogen) atoms. The number of benzene rings is 2. The maximum absolute atomic E-state index is 9.97. The van der Waals surface area contributed by atoms with Gasteiger partial charge in [-0.3, -0.25) is 0 Å². The predicted molar refractivity (Wildman–Crippen MR) is 81.8 cm³/mol. The quantitative estimate of drug-likeness (QED) is 0.764. The van der Waals surface area contributed by atoms with Crippen LogP contribution in [0.5, 0.6) is 0 Å². The highest BCUT2D eigenvalue weighted by Crippen LogP contribution is 2.25. The van der Waals surface area contributed by atoms with E-state index in [1.165, 1.54) is 0 Å². The number of halogens is 2. The molecular weight excluding hydrogens is 279 g/mol. The smallest absolute Gasteiger partial charge is 0.0790 e. The van der Waals surface area contributed by atoms with Gasteiger partial charge in [-0.1, -0.05) is 48.0 Å². The Morgan fingerprint density at radius 1 is 0.895 bits per heavy atom. The molecule has 0 radical (unpaired) electrons. The lowest BCUT2D eigenvalue weighted by atomic mass is 10.0. The molecule has 1 atom stereocenters. The number of alkyl halides is 1. The molecule has 2 aromatic rings. The van der Waals surface area contributed by atoms with E-state index in [1.54, 1.807) is 0 Å². The van der Waals surface area contributed by atoms with Gasteiger partial charge < -0.3 is 5.11 Å². The SMILES string of the molecule is OC(CCCCl)c1ccc(-c2ccc(Cl)cc2)cc1. The molecule has 100 valence electrons. The van der Waals surface area contributed by atoms with Crippen LogP contribution in [0.4, 0.5) is 0 Å². The molecule has 0 aliphatic rings. The summed E-state index contributed by atoms with van der Waals surface area (Å²) < 4.78 is 0. The van der Waals surface area contributed by atoms with E-state index in [9.17, 15) is 5.11 Å². The summed E-state index contributed by atoms with van der Waals surface area (Å²) in [7, 11) is 0. The largest absolute Gasteiger partial charge is 0.388 e. The van der Waals surface area contributed by atoms with Crippen molar-refractivity contribution in [2.75, 3.05) is 5.88 Å². The van der Waals surface area contributed by atoms with Crippen LogP contribution in [-0.2, 0) is 0 Å². The van der Waals surface area contributed by atoms with Gasteiger partial charge in [-0.05, 0) is 41.7 Å². The van der Waals surface area contributed by atoms with Gasteiger partial charge in [-0.25, -0.2) is 0 Å². The van der Waals surface area contributed by atoms with Crippen LogP contribution >= 0.6 is 23.2 Å². The van der Waals surface area contributed by atoms with Gasteiger partial charge in [-0.2, -0.15) is 0 Å².